The molecule has 4 heterocycles. The van der Waals surface area contributed by atoms with Crippen LogP contribution in [0.25, 0.3) is 0 Å². The summed E-state index contributed by atoms with van der Waals surface area (Å²) in [6.07, 6.45) is 4.11. The van der Waals surface area contributed by atoms with Crippen LogP contribution in [0.3, 0.4) is 0 Å². The molecule has 2 bridgehead atoms. The van der Waals surface area contributed by atoms with Crippen molar-refractivity contribution in [1.82, 2.24) is 14.8 Å². The molecule has 0 radical (unpaired) electrons. The van der Waals surface area contributed by atoms with Crippen molar-refractivity contribution in [3.05, 3.63) is 81.7 Å². The minimum absolute atomic E-state index is 0.0291. The second-order valence-corrected chi connectivity index (χ2v) is 13.3. The number of piperidine rings is 2. The summed E-state index contributed by atoms with van der Waals surface area (Å²) in [6, 6.07) is 14.8. The Morgan fingerprint density at radius 1 is 1.02 bits per heavy atom. The van der Waals surface area contributed by atoms with Crippen molar-refractivity contribution in [2.45, 2.75) is 68.9 Å². The molecule has 2 aliphatic carbocycles. The van der Waals surface area contributed by atoms with Crippen molar-refractivity contribution in [2.24, 2.45) is 5.92 Å². The fourth-order valence-corrected chi connectivity index (χ4v) is 9.50. The van der Waals surface area contributed by atoms with E-state index in [1.165, 1.54) is 16.7 Å². The fraction of sp³-hybridized carbons (Fsp3) is 0.486. The summed E-state index contributed by atoms with van der Waals surface area (Å²) in [6.45, 7) is 5.94. The number of fused-ring (bicyclic) bond motifs is 2. The van der Waals surface area contributed by atoms with E-state index in [1.54, 1.807) is 14.0 Å². The first kappa shape index (κ1) is 26.1. The summed E-state index contributed by atoms with van der Waals surface area (Å²) >= 11 is 0. The smallest absolute Gasteiger partial charge is 0.270 e. The number of ether oxygens (including phenoxy) is 2. The van der Waals surface area contributed by atoms with E-state index >= 15 is 0 Å². The molecule has 1 N–H and O–H groups in total. The number of carbonyl (C=O) groups excluding carboxylic acids is 2. The standard InChI is InChI=1S/C35H39N3O4/c1-20-24-19-25-26-18-22-10-11-27(41-4)31-28(22)35(25,14-15-37(26)3)32(42-31)30(24)36-29(20)33(40)38-16-12-34(13-17-38,21(2)39)23-8-6-5-7-9-23/h5-11,25-26,32,36H,12-19H2,1-4H3/t25-,26-,32-,35?/m0/s1. The molecule has 42 heavy (non-hydrogen) atoms. The number of Topliss-reactive ketones (excluding diaryl/α,β-unsaturated/α-hetero) is 1. The van der Waals surface area contributed by atoms with Gasteiger partial charge in [-0.05, 0) is 93.8 Å². The predicted molar refractivity (Wildman–Crippen MR) is 159 cm³/mol. The van der Waals surface area contributed by atoms with E-state index in [-0.39, 0.29) is 23.2 Å². The molecule has 1 aromatic heterocycles. The molecule has 0 saturated carbocycles. The van der Waals surface area contributed by atoms with Crippen LogP contribution in [0, 0.1) is 12.8 Å². The highest BCUT2D eigenvalue weighted by molar-refractivity contribution is 5.95. The summed E-state index contributed by atoms with van der Waals surface area (Å²) < 4.78 is 12.7. The van der Waals surface area contributed by atoms with Crippen LogP contribution >= 0.6 is 0 Å². The Bertz CT molecular complexity index is 1620. The van der Waals surface area contributed by atoms with Crippen molar-refractivity contribution in [1.29, 1.82) is 0 Å². The van der Waals surface area contributed by atoms with E-state index in [0.717, 1.165) is 54.1 Å². The van der Waals surface area contributed by atoms with Crippen molar-refractivity contribution >= 4 is 11.7 Å². The van der Waals surface area contributed by atoms with Gasteiger partial charge in [-0.2, -0.15) is 0 Å². The number of hydrogen-bond acceptors (Lipinski definition) is 5. The zero-order valence-electron chi connectivity index (χ0n) is 25.0. The highest BCUT2D eigenvalue weighted by atomic mass is 16.5. The number of aromatic nitrogens is 1. The number of benzene rings is 2. The van der Waals surface area contributed by atoms with Crippen molar-refractivity contribution < 1.29 is 19.1 Å². The lowest BCUT2D eigenvalue weighted by molar-refractivity contribution is -0.124. The van der Waals surface area contributed by atoms with E-state index in [2.05, 4.69) is 48.1 Å². The van der Waals surface area contributed by atoms with Crippen LogP contribution in [-0.4, -0.2) is 66.3 Å². The fourth-order valence-electron chi connectivity index (χ4n) is 9.50. The maximum atomic E-state index is 14.1. The number of H-pyrrole nitrogens is 1. The number of carbonyl (C=O) groups is 2. The molecule has 7 nitrogen and oxygen atoms in total. The Kier molecular flexibility index (Phi) is 5.56. The number of methoxy groups -OCH3 is 1. The van der Waals surface area contributed by atoms with E-state index in [0.29, 0.717) is 43.6 Å². The maximum absolute atomic E-state index is 14.1. The lowest BCUT2D eigenvalue weighted by atomic mass is 9.51. The van der Waals surface area contributed by atoms with Gasteiger partial charge in [-0.15, -0.1) is 0 Å². The first-order valence-electron chi connectivity index (χ1n) is 15.4. The van der Waals surface area contributed by atoms with E-state index in [9.17, 15) is 9.59 Å². The number of rotatable bonds is 4. The lowest BCUT2D eigenvalue weighted by Crippen LogP contribution is -2.62. The molecule has 2 saturated heterocycles. The predicted octanol–water partition coefficient (Wildman–Crippen LogP) is 4.90. The molecular weight excluding hydrogens is 526 g/mol. The minimum Gasteiger partial charge on any atom is -0.493 e. The Labute approximate surface area is 247 Å². The van der Waals surface area contributed by atoms with Gasteiger partial charge in [0.2, 0.25) is 0 Å². The quantitative estimate of drug-likeness (QED) is 0.487. The SMILES string of the molecule is COc1ccc2c3c1O[C@H]1c4[nH]c(C(=O)N5CCC(C(C)=O)(c6ccccc6)CC5)c(C)c4C[C@H]4[C@H](C2)N(C)CCC314. The summed E-state index contributed by atoms with van der Waals surface area (Å²) in [5, 5.41) is 0. The van der Waals surface area contributed by atoms with E-state index in [4.69, 9.17) is 9.47 Å². The molecule has 3 aliphatic heterocycles. The molecule has 2 aromatic carbocycles. The molecule has 1 unspecified atom stereocenters. The summed E-state index contributed by atoms with van der Waals surface area (Å²) in [7, 11) is 3.98. The van der Waals surface area contributed by atoms with Gasteiger partial charge in [-0.3, -0.25) is 9.59 Å². The van der Waals surface area contributed by atoms with Gasteiger partial charge >= 0.3 is 0 Å². The Morgan fingerprint density at radius 2 is 1.79 bits per heavy atom. The van der Waals surface area contributed by atoms with Crippen LogP contribution < -0.4 is 9.47 Å². The maximum Gasteiger partial charge on any atom is 0.270 e. The van der Waals surface area contributed by atoms with Gasteiger partial charge < -0.3 is 24.3 Å². The van der Waals surface area contributed by atoms with Gasteiger partial charge in [0.15, 0.2) is 11.5 Å². The van der Waals surface area contributed by atoms with Gasteiger partial charge in [-0.25, -0.2) is 0 Å². The summed E-state index contributed by atoms with van der Waals surface area (Å²) in [4.78, 5) is 35.2. The number of hydrogen-bond donors (Lipinski definition) is 1. The van der Waals surface area contributed by atoms with E-state index < -0.39 is 5.41 Å². The number of ketones is 1. The third-order valence-corrected chi connectivity index (χ3v) is 11.8. The molecular formula is C35H39N3O4. The van der Waals surface area contributed by atoms with Crippen LogP contribution in [0.15, 0.2) is 42.5 Å². The van der Waals surface area contributed by atoms with Crippen LogP contribution in [0.5, 0.6) is 11.5 Å². The molecule has 3 aromatic rings. The highest BCUT2D eigenvalue weighted by Crippen LogP contribution is 2.67. The largest absolute Gasteiger partial charge is 0.493 e. The van der Waals surface area contributed by atoms with Gasteiger partial charge in [-0.1, -0.05) is 36.4 Å². The van der Waals surface area contributed by atoms with Crippen LogP contribution in [-0.2, 0) is 28.5 Å². The normalized spacial score (nSPS) is 28.5. The number of nitrogens with zero attached hydrogens (tertiary/aromatic N) is 2. The number of aromatic amines is 1. The average Bonchev–Trinajstić information content (AvgIpc) is 3.53. The molecule has 2 fully saturated rings. The second-order valence-electron chi connectivity index (χ2n) is 13.3. The van der Waals surface area contributed by atoms with Crippen molar-refractivity contribution in [2.75, 3.05) is 33.8 Å². The van der Waals surface area contributed by atoms with Gasteiger partial charge in [0.25, 0.3) is 5.91 Å². The Balaban J connectivity index is 1.15. The molecule has 5 aliphatic rings. The van der Waals surface area contributed by atoms with Crippen LogP contribution in [0.4, 0.5) is 0 Å². The molecule has 218 valence electrons. The Hall–Kier alpha value is -3.58. The first-order valence-corrected chi connectivity index (χ1v) is 15.4. The van der Waals surface area contributed by atoms with Gasteiger partial charge in [0.1, 0.15) is 17.6 Å². The molecule has 8 rings (SSSR count). The molecule has 1 amide bonds. The zero-order chi connectivity index (χ0) is 29.0. The average molecular weight is 566 g/mol. The number of likely N-dealkylation sites (tertiary alicyclic amines) is 2. The highest BCUT2D eigenvalue weighted by Gasteiger charge is 2.65. The van der Waals surface area contributed by atoms with Gasteiger partial charge in [0.05, 0.1) is 18.2 Å². The second kappa shape index (κ2) is 8.96. The number of nitrogens with one attached hydrogen (secondary N) is 1. The lowest BCUT2D eigenvalue weighted by Gasteiger charge is -2.57. The third-order valence-electron chi connectivity index (χ3n) is 11.8. The molecule has 7 heteroatoms. The summed E-state index contributed by atoms with van der Waals surface area (Å²) in [5.41, 5.74) is 7.20. The van der Waals surface area contributed by atoms with Crippen molar-refractivity contribution in [3.63, 3.8) is 0 Å². The topological polar surface area (TPSA) is 74.9 Å². The van der Waals surface area contributed by atoms with Gasteiger partial charge in [0, 0.05) is 30.1 Å². The zero-order valence-corrected chi connectivity index (χ0v) is 25.0. The number of amides is 1. The van der Waals surface area contributed by atoms with Crippen LogP contribution in [0.1, 0.15) is 76.3 Å². The first-order chi connectivity index (χ1) is 20.3. The van der Waals surface area contributed by atoms with Crippen LogP contribution in [0.2, 0.25) is 0 Å². The number of likely N-dealkylation sites (N-methyl/N-ethyl adjacent to an activating group) is 1. The summed E-state index contributed by atoms with van der Waals surface area (Å²) in [5.74, 6) is 2.33. The third kappa shape index (κ3) is 3.20. The molecule has 4 atom stereocenters. The minimum atomic E-state index is -0.527. The molecule has 1 spiro atoms. The monoisotopic (exact) mass is 565 g/mol. The van der Waals surface area contributed by atoms with E-state index in [1.807, 2.05) is 23.1 Å². The Morgan fingerprint density at radius 3 is 2.50 bits per heavy atom. The van der Waals surface area contributed by atoms with Crippen molar-refractivity contribution in [3.8, 4) is 11.5 Å².